The summed E-state index contributed by atoms with van der Waals surface area (Å²) in [5.41, 5.74) is 0. The van der Waals surface area contributed by atoms with Gasteiger partial charge < -0.3 is 10.4 Å². The Balaban J connectivity index is 2.74. The number of likely N-dealkylation sites (N-methyl/N-ethyl adjacent to an activating group) is 1. The predicted molar refractivity (Wildman–Crippen MR) is 69.3 cm³/mol. The van der Waals surface area contributed by atoms with E-state index < -0.39 is 34.5 Å². The van der Waals surface area contributed by atoms with Crippen LogP contribution in [0.2, 0.25) is 0 Å². The number of carboxylic acid groups (broad SMARTS) is 1. The zero-order chi connectivity index (χ0) is 15.3. The number of aliphatic carboxylic acids is 1. The van der Waals surface area contributed by atoms with E-state index >= 15 is 0 Å². The van der Waals surface area contributed by atoms with Gasteiger partial charge in [-0.2, -0.15) is 4.31 Å². The second kappa shape index (κ2) is 6.44. The molecule has 8 nitrogen and oxygen atoms in total. The second-order valence-electron chi connectivity index (χ2n) is 4.08. The van der Waals surface area contributed by atoms with Crippen LogP contribution < -0.4 is 5.32 Å². The average Bonchev–Trinajstić information content (AvgIpc) is 2.39. The molecule has 0 bridgehead atoms. The molecule has 2 N–H and O–H groups in total. The summed E-state index contributed by atoms with van der Waals surface area (Å²) in [6.45, 7) is 0.810. The fourth-order valence-electron chi connectivity index (χ4n) is 1.32. The number of pyridine rings is 1. The maximum Gasteiger partial charge on any atom is 0.325 e. The van der Waals surface area contributed by atoms with Crippen molar-refractivity contribution in [2.45, 2.75) is 17.9 Å². The quantitative estimate of drug-likeness (QED) is 0.717. The lowest BCUT2D eigenvalue weighted by atomic mass is 10.3. The molecule has 0 aromatic carbocycles. The maximum atomic E-state index is 12.1. The molecule has 1 rings (SSSR count). The molecule has 0 saturated carbocycles. The minimum absolute atomic E-state index is 0.0402. The van der Waals surface area contributed by atoms with Crippen LogP contribution in [0.25, 0.3) is 0 Å². The third-order valence-electron chi connectivity index (χ3n) is 2.46. The summed E-state index contributed by atoms with van der Waals surface area (Å²) in [6.07, 6.45) is 2.60. The SMILES string of the molecule is C[C@@H](NC(=O)CN(C)S(=O)(=O)c1cccnc1)C(=O)O. The van der Waals surface area contributed by atoms with Gasteiger partial charge >= 0.3 is 5.97 Å². The summed E-state index contributed by atoms with van der Waals surface area (Å²) in [4.78, 5) is 25.8. The average molecular weight is 301 g/mol. The van der Waals surface area contributed by atoms with Crippen molar-refractivity contribution in [2.24, 2.45) is 0 Å². The fraction of sp³-hybridized carbons (Fsp3) is 0.364. The van der Waals surface area contributed by atoms with Crippen LogP contribution in [-0.4, -0.2) is 54.3 Å². The van der Waals surface area contributed by atoms with Crippen LogP contribution in [0.5, 0.6) is 0 Å². The molecule has 0 aliphatic heterocycles. The molecule has 0 saturated heterocycles. The Hall–Kier alpha value is -2.00. The smallest absolute Gasteiger partial charge is 0.325 e. The normalized spacial score (nSPS) is 12.9. The Bertz CT molecular complexity index is 587. The number of nitrogens with zero attached hydrogens (tertiary/aromatic N) is 2. The molecule has 0 unspecified atom stereocenters. The lowest BCUT2D eigenvalue weighted by Gasteiger charge is -2.17. The molecule has 1 heterocycles. The number of carboxylic acids is 1. The third kappa shape index (κ3) is 4.00. The van der Waals surface area contributed by atoms with Gasteiger partial charge in [-0.15, -0.1) is 0 Å². The zero-order valence-electron chi connectivity index (χ0n) is 11.0. The number of sulfonamides is 1. The van der Waals surface area contributed by atoms with E-state index in [1.165, 1.54) is 38.5 Å². The minimum atomic E-state index is -3.83. The van der Waals surface area contributed by atoms with Crippen molar-refractivity contribution in [3.63, 3.8) is 0 Å². The van der Waals surface area contributed by atoms with Gasteiger partial charge in [0.05, 0.1) is 6.54 Å². The van der Waals surface area contributed by atoms with Gasteiger partial charge in [-0.3, -0.25) is 14.6 Å². The summed E-state index contributed by atoms with van der Waals surface area (Å²) in [6, 6.07) is 1.74. The summed E-state index contributed by atoms with van der Waals surface area (Å²) in [5, 5.41) is 10.8. The predicted octanol–water partition coefficient (Wildman–Crippen LogP) is -0.709. The molecular weight excluding hydrogens is 286 g/mol. The summed E-state index contributed by atoms with van der Waals surface area (Å²) in [7, 11) is -2.60. The number of rotatable bonds is 6. The summed E-state index contributed by atoms with van der Waals surface area (Å²) >= 11 is 0. The van der Waals surface area contributed by atoms with Crippen molar-refractivity contribution in [3.05, 3.63) is 24.5 Å². The molecule has 0 aliphatic rings. The van der Waals surface area contributed by atoms with Crippen LogP contribution in [-0.2, 0) is 19.6 Å². The first kappa shape index (κ1) is 16.1. The van der Waals surface area contributed by atoms with Crippen molar-refractivity contribution in [3.8, 4) is 0 Å². The highest BCUT2D eigenvalue weighted by molar-refractivity contribution is 7.89. The number of nitrogens with one attached hydrogen (secondary N) is 1. The van der Waals surface area contributed by atoms with Crippen LogP contribution in [0, 0.1) is 0 Å². The molecule has 1 aromatic rings. The minimum Gasteiger partial charge on any atom is -0.480 e. The van der Waals surface area contributed by atoms with E-state index in [-0.39, 0.29) is 4.90 Å². The fourth-order valence-corrected chi connectivity index (χ4v) is 2.41. The highest BCUT2D eigenvalue weighted by atomic mass is 32.2. The van der Waals surface area contributed by atoms with E-state index in [4.69, 9.17) is 5.11 Å². The van der Waals surface area contributed by atoms with E-state index in [0.29, 0.717) is 0 Å². The second-order valence-corrected chi connectivity index (χ2v) is 6.12. The van der Waals surface area contributed by atoms with E-state index in [9.17, 15) is 18.0 Å². The number of carbonyl (C=O) groups excluding carboxylic acids is 1. The third-order valence-corrected chi connectivity index (χ3v) is 4.24. The Kier molecular flexibility index (Phi) is 5.17. The van der Waals surface area contributed by atoms with Gasteiger partial charge in [-0.1, -0.05) is 0 Å². The standard InChI is InChI=1S/C11H15N3O5S/c1-8(11(16)17)13-10(15)7-14(2)20(18,19)9-4-3-5-12-6-9/h3-6,8H,7H2,1-2H3,(H,13,15)(H,16,17)/t8-/m1/s1. The monoisotopic (exact) mass is 301 g/mol. The van der Waals surface area contributed by atoms with E-state index in [2.05, 4.69) is 10.3 Å². The first-order chi connectivity index (χ1) is 9.25. The van der Waals surface area contributed by atoms with Crippen molar-refractivity contribution in [1.82, 2.24) is 14.6 Å². The van der Waals surface area contributed by atoms with Gasteiger partial charge in [0.2, 0.25) is 15.9 Å². The van der Waals surface area contributed by atoms with Crippen LogP contribution in [0.15, 0.2) is 29.4 Å². The summed E-state index contributed by atoms with van der Waals surface area (Å²) < 4.78 is 25.0. The van der Waals surface area contributed by atoms with Gasteiger partial charge in [0, 0.05) is 19.4 Å². The van der Waals surface area contributed by atoms with Crippen LogP contribution >= 0.6 is 0 Å². The number of amides is 1. The molecule has 1 aromatic heterocycles. The lowest BCUT2D eigenvalue weighted by Crippen LogP contribution is -2.44. The van der Waals surface area contributed by atoms with Gasteiger partial charge in [-0.05, 0) is 19.1 Å². The number of hydrogen-bond donors (Lipinski definition) is 2. The van der Waals surface area contributed by atoms with Gasteiger partial charge in [0.15, 0.2) is 0 Å². The maximum absolute atomic E-state index is 12.1. The largest absolute Gasteiger partial charge is 0.480 e. The molecular formula is C11H15N3O5S. The lowest BCUT2D eigenvalue weighted by molar-refractivity contribution is -0.141. The van der Waals surface area contributed by atoms with Crippen molar-refractivity contribution >= 4 is 21.9 Å². The molecule has 0 spiro atoms. The van der Waals surface area contributed by atoms with E-state index in [1.807, 2.05) is 0 Å². The molecule has 0 fully saturated rings. The molecule has 0 aliphatic carbocycles. The van der Waals surface area contributed by atoms with Crippen molar-refractivity contribution < 1.29 is 23.1 Å². The van der Waals surface area contributed by atoms with Crippen LogP contribution in [0.3, 0.4) is 0 Å². The van der Waals surface area contributed by atoms with Crippen LogP contribution in [0.1, 0.15) is 6.92 Å². The summed E-state index contributed by atoms with van der Waals surface area (Å²) in [5.74, 6) is -1.90. The number of carbonyl (C=O) groups is 2. The molecule has 110 valence electrons. The molecule has 1 amide bonds. The van der Waals surface area contributed by atoms with Crippen molar-refractivity contribution in [2.75, 3.05) is 13.6 Å². The van der Waals surface area contributed by atoms with E-state index in [0.717, 1.165) is 4.31 Å². The number of aromatic nitrogens is 1. The molecule has 20 heavy (non-hydrogen) atoms. The molecule has 1 atom stereocenters. The van der Waals surface area contributed by atoms with Gasteiger partial charge in [-0.25, -0.2) is 8.42 Å². The highest BCUT2D eigenvalue weighted by Gasteiger charge is 2.24. The highest BCUT2D eigenvalue weighted by Crippen LogP contribution is 2.11. The number of hydrogen-bond acceptors (Lipinski definition) is 5. The topological polar surface area (TPSA) is 117 Å². The Morgan fingerprint density at radius 2 is 2.15 bits per heavy atom. The first-order valence-corrected chi connectivity index (χ1v) is 7.07. The zero-order valence-corrected chi connectivity index (χ0v) is 11.8. The first-order valence-electron chi connectivity index (χ1n) is 5.63. The van der Waals surface area contributed by atoms with Crippen LogP contribution in [0.4, 0.5) is 0 Å². The molecule has 0 radical (unpaired) electrons. The van der Waals surface area contributed by atoms with Gasteiger partial charge in [0.25, 0.3) is 0 Å². The van der Waals surface area contributed by atoms with Gasteiger partial charge in [0.1, 0.15) is 10.9 Å². The van der Waals surface area contributed by atoms with E-state index in [1.54, 1.807) is 0 Å². The Morgan fingerprint density at radius 3 is 2.65 bits per heavy atom. The molecule has 9 heteroatoms. The Morgan fingerprint density at radius 1 is 1.50 bits per heavy atom. The van der Waals surface area contributed by atoms with Crippen molar-refractivity contribution in [1.29, 1.82) is 0 Å². The Labute approximate surface area is 116 Å².